The number of ether oxygens (including phenoxy) is 1. The normalized spacial score (nSPS) is 14.0. The topological polar surface area (TPSA) is 84.4 Å². The maximum absolute atomic E-state index is 12.7. The van der Waals surface area contributed by atoms with Crippen LogP contribution in [0.1, 0.15) is 50.9 Å². The highest BCUT2D eigenvalue weighted by Crippen LogP contribution is 2.18. The molecule has 0 unspecified atom stereocenters. The highest BCUT2D eigenvalue weighted by atomic mass is 32.1. The van der Waals surface area contributed by atoms with Crippen molar-refractivity contribution in [3.05, 3.63) is 70.2 Å². The van der Waals surface area contributed by atoms with E-state index in [1.54, 1.807) is 24.3 Å². The second-order valence-corrected chi connectivity index (χ2v) is 8.40. The van der Waals surface area contributed by atoms with Crippen LogP contribution in [0.5, 0.6) is 5.75 Å². The van der Waals surface area contributed by atoms with E-state index in [1.807, 2.05) is 35.2 Å². The highest BCUT2D eigenvalue weighted by molar-refractivity contribution is 7.13. The number of aromatic nitrogens is 2. The first kappa shape index (κ1) is 21.0. The highest BCUT2D eigenvalue weighted by Gasteiger charge is 2.18. The second-order valence-electron chi connectivity index (χ2n) is 7.34. The third-order valence-corrected chi connectivity index (χ3v) is 5.95. The zero-order valence-electron chi connectivity index (χ0n) is 17.1. The van der Waals surface area contributed by atoms with Gasteiger partial charge in [0.15, 0.2) is 5.01 Å². The van der Waals surface area contributed by atoms with Crippen LogP contribution in [-0.4, -0.2) is 40.0 Å². The summed E-state index contributed by atoms with van der Waals surface area (Å²) in [6.45, 7) is 1.87. The minimum Gasteiger partial charge on any atom is -0.486 e. The largest absolute Gasteiger partial charge is 0.486 e. The van der Waals surface area contributed by atoms with E-state index in [0.29, 0.717) is 16.3 Å². The van der Waals surface area contributed by atoms with Gasteiger partial charge >= 0.3 is 0 Å². The Labute approximate surface area is 185 Å². The number of nitrogens with one attached hydrogen (secondary N) is 1. The van der Waals surface area contributed by atoms with Gasteiger partial charge in [-0.05, 0) is 49.2 Å². The lowest BCUT2D eigenvalue weighted by atomic mass is 10.1. The fourth-order valence-corrected chi connectivity index (χ4v) is 4.05. The lowest BCUT2D eigenvalue weighted by Gasteiger charge is -2.20. The van der Waals surface area contributed by atoms with Gasteiger partial charge in [0, 0.05) is 24.3 Å². The first-order chi connectivity index (χ1) is 15.2. The average molecular weight is 437 g/mol. The van der Waals surface area contributed by atoms with Crippen LogP contribution in [0.25, 0.3) is 0 Å². The van der Waals surface area contributed by atoms with Crippen LogP contribution in [0.4, 0.5) is 5.69 Å². The molecule has 0 saturated carbocycles. The maximum Gasteiger partial charge on any atom is 0.286 e. The van der Waals surface area contributed by atoms with Crippen LogP contribution in [0.2, 0.25) is 0 Å². The SMILES string of the molecule is O=C(Nc1ccc(C(=O)N2CCCCCC2)cc1)c1nnc(COc2ccccc2)s1. The Hall–Kier alpha value is -3.26. The lowest BCUT2D eigenvalue weighted by Crippen LogP contribution is -2.31. The molecule has 0 atom stereocenters. The first-order valence-corrected chi connectivity index (χ1v) is 11.2. The number of benzene rings is 2. The van der Waals surface area contributed by atoms with Gasteiger partial charge in [-0.25, -0.2) is 0 Å². The Morgan fingerprint density at radius 2 is 1.65 bits per heavy atom. The molecular formula is C23H24N4O3S. The van der Waals surface area contributed by atoms with E-state index in [0.717, 1.165) is 31.7 Å². The van der Waals surface area contributed by atoms with E-state index >= 15 is 0 Å². The molecule has 2 amide bonds. The van der Waals surface area contributed by atoms with Gasteiger partial charge in [-0.1, -0.05) is 42.4 Å². The summed E-state index contributed by atoms with van der Waals surface area (Å²) in [7, 11) is 0. The lowest BCUT2D eigenvalue weighted by molar-refractivity contribution is 0.0761. The van der Waals surface area contributed by atoms with Gasteiger partial charge in [-0.2, -0.15) is 0 Å². The van der Waals surface area contributed by atoms with Crippen LogP contribution in [0.3, 0.4) is 0 Å². The molecule has 31 heavy (non-hydrogen) atoms. The minimum absolute atomic E-state index is 0.0481. The molecule has 2 heterocycles. The van der Waals surface area contributed by atoms with Crippen molar-refractivity contribution in [2.45, 2.75) is 32.3 Å². The average Bonchev–Trinajstić information content (AvgIpc) is 3.12. The quantitative estimate of drug-likeness (QED) is 0.620. The van der Waals surface area contributed by atoms with E-state index in [2.05, 4.69) is 15.5 Å². The zero-order chi connectivity index (χ0) is 21.5. The van der Waals surface area contributed by atoms with E-state index in [-0.39, 0.29) is 23.4 Å². The number of carbonyl (C=O) groups is 2. The number of anilines is 1. The molecular weight excluding hydrogens is 412 g/mol. The Balaban J connectivity index is 1.32. The van der Waals surface area contributed by atoms with E-state index in [9.17, 15) is 9.59 Å². The van der Waals surface area contributed by atoms with Crippen LogP contribution < -0.4 is 10.1 Å². The molecule has 1 saturated heterocycles. The molecule has 0 bridgehead atoms. The standard InChI is InChI=1S/C23H24N4O3S/c28-21(22-26-25-20(31-22)16-30-19-8-4-3-5-9-19)24-18-12-10-17(11-13-18)23(29)27-14-6-1-2-7-15-27/h3-5,8-13H,1-2,6-7,14-16H2,(H,24,28). The molecule has 0 aliphatic carbocycles. The summed E-state index contributed by atoms with van der Waals surface area (Å²) in [6.07, 6.45) is 4.47. The Bertz CT molecular complexity index is 1010. The monoisotopic (exact) mass is 436 g/mol. The number of para-hydroxylation sites is 1. The van der Waals surface area contributed by atoms with E-state index < -0.39 is 0 Å². The Morgan fingerprint density at radius 3 is 2.35 bits per heavy atom. The molecule has 4 rings (SSSR count). The zero-order valence-corrected chi connectivity index (χ0v) is 17.9. The number of nitrogens with zero attached hydrogens (tertiary/aromatic N) is 3. The predicted octanol–water partition coefficient (Wildman–Crippen LogP) is 4.39. The summed E-state index contributed by atoms with van der Waals surface area (Å²) in [6, 6.07) is 16.4. The predicted molar refractivity (Wildman–Crippen MR) is 119 cm³/mol. The number of rotatable bonds is 6. The van der Waals surface area contributed by atoms with Crippen molar-refractivity contribution in [3.8, 4) is 5.75 Å². The summed E-state index contributed by atoms with van der Waals surface area (Å²) < 4.78 is 5.64. The molecule has 8 heteroatoms. The molecule has 2 aromatic carbocycles. The molecule has 0 spiro atoms. The van der Waals surface area contributed by atoms with Crippen molar-refractivity contribution < 1.29 is 14.3 Å². The van der Waals surface area contributed by atoms with Crippen LogP contribution in [-0.2, 0) is 6.61 Å². The molecule has 1 aromatic heterocycles. The fourth-order valence-electron chi connectivity index (χ4n) is 3.40. The molecule has 1 fully saturated rings. The number of carbonyl (C=O) groups excluding carboxylic acids is 2. The molecule has 160 valence electrons. The van der Waals surface area contributed by atoms with Crippen molar-refractivity contribution in [2.24, 2.45) is 0 Å². The van der Waals surface area contributed by atoms with Crippen molar-refractivity contribution in [1.82, 2.24) is 15.1 Å². The van der Waals surface area contributed by atoms with E-state index in [4.69, 9.17) is 4.74 Å². The summed E-state index contributed by atoms with van der Waals surface area (Å²) >= 11 is 1.19. The van der Waals surface area contributed by atoms with Crippen LogP contribution in [0, 0.1) is 0 Å². The number of hydrogen-bond acceptors (Lipinski definition) is 6. The molecule has 3 aromatic rings. The summed E-state index contributed by atoms with van der Waals surface area (Å²) in [5.74, 6) is 0.445. The van der Waals surface area contributed by atoms with Crippen molar-refractivity contribution in [1.29, 1.82) is 0 Å². The summed E-state index contributed by atoms with van der Waals surface area (Å²) in [5.41, 5.74) is 1.24. The number of likely N-dealkylation sites (tertiary alicyclic amines) is 1. The van der Waals surface area contributed by atoms with Gasteiger partial charge in [0.2, 0.25) is 5.01 Å². The van der Waals surface area contributed by atoms with Gasteiger partial charge < -0.3 is 15.0 Å². The van der Waals surface area contributed by atoms with Crippen molar-refractivity contribution >= 4 is 28.8 Å². The molecule has 0 radical (unpaired) electrons. The summed E-state index contributed by atoms with van der Waals surface area (Å²) in [5, 5.41) is 11.7. The number of hydrogen-bond donors (Lipinski definition) is 1. The fraction of sp³-hybridized carbons (Fsp3) is 0.304. The minimum atomic E-state index is -0.338. The third kappa shape index (κ3) is 5.67. The van der Waals surface area contributed by atoms with Crippen LogP contribution >= 0.6 is 11.3 Å². The van der Waals surface area contributed by atoms with Gasteiger partial charge in [0.25, 0.3) is 11.8 Å². The van der Waals surface area contributed by atoms with Gasteiger partial charge in [-0.15, -0.1) is 10.2 Å². The molecule has 1 aliphatic rings. The Morgan fingerprint density at radius 1 is 0.935 bits per heavy atom. The Kier molecular flexibility index (Phi) is 6.89. The smallest absolute Gasteiger partial charge is 0.286 e. The van der Waals surface area contributed by atoms with Gasteiger partial charge in [0.05, 0.1) is 0 Å². The first-order valence-electron chi connectivity index (χ1n) is 10.4. The van der Waals surface area contributed by atoms with Gasteiger partial charge in [0.1, 0.15) is 12.4 Å². The third-order valence-electron chi connectivity index (χ3n) is 5.05. The molecule has 1 N–H and O–H groups in total. The number of amides is 2. The molecule has 7 nitrogen and oxygen atoms in total. The second kappa shape index (κ2) is 10.2. The summed E-state index contributed by atoms with van der Waals surface area (Å²) in [4.78, 5) is 27.1. The van der Waals surface area contributed by atoms with Gasteiger partial charge in [-0.3, -0.25) is 9.59 Å². The molecule has 1 aliphatic heterocycles. The van der Waals surface area contributed by atoms with Crippen LogP contribution in [0.15, 0.2) is 54.6 Å². The van der Waals surface area contributed by atoms with E-state index in [1.165, 1.54) is 24.2 Å². The van der Waals surface area contributed by atoms with Crippen molar-refractivity contribution in [2.75, 3.05) is 18.4 Å². The van der Waals surface area contributed by atoms with Crippen molar-refractivity contribution in [3.63, 3.8) is 0 Å². The maximum atomic E-state index is 12.7.